The molecule has 0 amide bonds. The van der Waals surface area contributed by atoms with Gasteiger partial charge in [0.25, 0.3) is 0 Å². The smallest absolute Gasteiger partial charge is 0.169 e. The lowest BCUT2D eigenvalue weighted by molar-refractivity contribution is 0.479. The number of rotatable bonds is 3. The summed E-state index contributed by atoms with van der Waals surface area (Å²) in [6.07, 6.45) is 1.93. The molecule has 5 heteroatoms. The number of thiocarbonyl (C=S) groups is 1. The van der Waals surface area contributed by atoms with E-state index >= 15 is 0 Å². The van der Waals surface area contributed by atoms with Crippen LogP contribution in [-0.2, 0) is 13.6 Å². The SMILES string of the molecule is CCNC(=S)N(C)Cc1ccn(C)n1. The number of hydrogen-bond donors (Lipinski definition) is 1. The molecule has 1 rings (SSSR count). The zero-order valence-corrected chi connectivity index (χ0v) is 9.64. The fraction of sp³-hybridized carbons (Fsp3) is 0.556. The van der Waals surface area contributed by atoms with Crippen LogP contribution in [0.2, 0.25) is 0 Å². The quantitative estimate of drug-likeness (QED) is 0.749. The predicted octanol–water partition coefficient (Wildman–Crippen LogP) is 0.746. The molecule has 0 bridgehead atoms. The van der Waals surface area contributed by atoms with Crippen LogP contribution in [0.1, 0.15) is 12.6 Å². The first-order valence-corrected chi connectivity index (χ1v) is 5.01. The highest BCUT2D eigenvalue weighted by molar-refractivity contribution is 7.80. The molecule has 1 aromatic rings. The van der Waals surface area contributed by atoms with Crippen LogP contribution < -0.4 is 5.32 Å². The Morgan fingerprint density at radius 1 is 1.71 bits per heavy atom. The molecule has 0 aliphatic rings. The van der Waals surface area contributed by atoms with Gasteiger partial charge >= 0.3 is 0 Å². The van der Waals surface area contributed by atoms with E-state index < -0.39 is 0 Å². The lowest BCUT2D eigenvalue weighted by Gasteiger charge is -2.19. The topological polar surface area (TPSA) is 33.1 Å². The van der Waals surface area contributed by atoms with E-state index in [1.165, 1.54) is 0 Å². The van der Waals surface area contributed by atoms with Gasteiger partial charge in [0, 0.05) is 26.8 Å². The Kier molecular flexibility index (Phi) is 3.88. The molecule has 4 nitrogen and oxygen atoms in total. The molecule has 0 aliphatic heterocycles. The van der Waals surface area contributed by atoms with Gasteiger partial charge in [-0.2, -0.15) is 5.10 Å². The molecule has 0 fully saturated rings. The van der Waals surface area contributed by atoms with Gasteiger partial charge in [0.15, 0.2) is 5.11 Å². The van der Waals surface area contributed by atoms with E-state index in [0.717, 1.165) is 23.9 Å². The van der Waals surface area contributed by atoms with Crippen LogP contribution >= 0.6 is 12.2 Å². The molecule has 1 aromatic heterocycles. The summed E-state index contributed by atoms with van der Waals surface area (Å²) in [6.45, 7) is 3.62. The summed E-state index contributed by atoms with van der Waals surface area (Å²) in [5.74, 6) is 0. The second-order valence-electron chi connectivity index (χ2n) is 3.17. The fourth-order valence-electron chi connectivity index (χ4n) is 1.15. The van der Waals surface area contributed by atoms with E-state index in [1.807, 2.05) is 38.2 Å². The maximum Gasteiger partial charge on any atom is 0.169 e. The van der Waals surface area contributed by atoms with Gasteiger partial charge in [0.2, 0.25) is 0 Å². The molecule has 0 spiro atoms. The van der Waals surface area contributed by atoms with Crippen LogP contribution in [0.15, 0.2) is 12.3 Å². The number of hydrogen-bond acceptors (Lipinski definition) is 2. The van der Waals surface area contributed by atoms with E-state index in [1.54, 1.807) is 4.68 Å². The second-order valence-corrected chi connectivity index (χ2v) is 3.56. The van der Waals surface area contributed by atoms with Gasteiger partial charge in [-0.25, -0.2) is 0 Å². The molecule has 0 saturated carbocycles. The van der Waals surface area contributed by atoms with Crippen LogP contribution in [-0.4, -0.2) is 33.4 Å². The van der Waals surface area contributed by atoms with Crippen molar-refractivity contribution in [1.82, 2.24) is 20.0 Å². The first kappa shape index (κ1) is 11.0. The molecule has 1 N–H and O–H groups in total. The third kappa shape index (κ3) is 2.99. The number of nitrogens with one attached hydrogen (secondary N) is 1. The van der Waals surface area contributed by atoms with Crippen molar-refractivity contribution in [3.63, 3.8) is 0 Å². The minimum Gasteiger partial charge on any atom is -0.363 e. The van der Waals surface area contributed by atoms with Crippen molar-refractivity contribution in [1.29, 1.82) is 0 Å². The summed E-state index contributed by atoms with van der Waals surface area (Å²) in [7, 11) is 3.87. The minimum atomic E-state index is 0.743. The van der Waals surface area contributed by atoms with Gasteiger partial charge in [0.1, 0.15) is 0 Å². The Bertz CT molecular complexity index is 308. The van der Waals surface area contributed by atoms with E-state index in [0.29, 0.717) is 0 Å². The van der Waals surface area contributed by atoms with Gasteiger partial charge in [-0.15, -0.1) is 0 Å². The van der Waals surface area contributed by atoms with Crippen molar-refractivity contribution < 1.29 is 0 Å². The molecule has 0 aromatic carbocycles. The van der Waals surface area contributed by atoms with E-state index in [-0.39, 0.29) is 0 Å². The van der Waals surface area contributed by atoms with E-state index in [9.17, 15) is 0 Å². The van der Waals surface area contributed by atoms with Gasteiger partial charge in [-0.3, -0.25) is 4.68 Å². The maximum atomic E-state index is 5.16. The average Bonchev–Trinajstić information content (AvgIpc) is 2.51. The molecule has 0 unspecified atom stereocenters. The van der Waals surface area contributed by atoms with Crippen LogP contribution in [0.25, 0.3) is 0 Å². The summed E-state index contributed by atoms with van der Waals surface area (Å²) in [5.41, 5.74) is 1.02. The number of aromatic nitrogens is 2. The Morgan fingerprint density at radius 2 is 2.43 bits per heavy atom. The van der Waals surface area contributed by atoms with E-state index in [4.69, 9.17) is 12.2 Å². The normalized spacial score (nSPS) is 9.93. The zero-order chi connectivity index (χ0) is 10.6. The third-order valence-electron chi connectivity index (χ3n) is 1.84. The van der Waals surface area contributed by atoms with Crippen molar-refractivity contribution in [2.75, 3.05) is 13.6 Å². The van der Waals surface area contributed by atoms with Gasteiger partial charge in [-0.1, -0.05) is 0 Å². The van der Waals surface area contributed by atoms with Crippen LogP contribution in [0.3, 0.4) is 0 Å². The summed E-state index contributed by atoms with van der Waals surface area (Å²) in [6, 6.07) is 1.99. The standard InChI is InChI=1S/C9H16N4S/c1-4-10-9(14)12(2)7-8-5-6-13(3)11-8/h5-6H,4,7H2,1-3H3,(H,10,14). The minimum absolute atomic E-state index is 0.743. The summed E-state index contributed by atoms with van der Waals surface area (Å²) in [5, 5.41) is 8.14. The monoisotopic (exact) mass is 212 g/mol. The molecule has 14 heavy (non-hydrogen) atoms. The molecule has 0 saturated heterocycles. The first-order valence-electron chi connectivity index (χ1n) is 4.61. The first-order chi connectivity index (χ1) is 6.63. The van der Waals surface area contributed by atoms with Gasteiger partial charge in [0.05, 0.1) is 12.2 Å². The summed E-state index contributed by atoms with van der Waals surface area (Å²) >= 11 is 5.16. The Hall–Kier alpha value is -1.10. The number of nitrogens with zero attached hydrogens (tertiary/aromatic N) is 3. The van der Waals surface area contributed by atoms with Crippen LogP contribution in [0, 0.1) is 0 Å². The van der Waals surface area contributed by atoms with Crippen molar-refractivity contribution in [2.24, 2.45) is 7.05 Å². The summed E-state index contributed by atoms with van der Waals surface area (Å²) in [4.78, 5) is 1.97. The van der Waals surface area contributed by atoms with Crippen LogP contribution in [0.4, 0.5) is 0 Å². The highest BCUT2D eigenvalue weighted by Gasteiger charge is 2.05. The largest absolute Gasteiger partial charge is 0.363 e. The Balaban J connectivity index is 2.48. The molecule has 0 atom stereocenters. The predicted molar refractivity (Wildman–Crippen MR) is 60.9 cm³/mol. The molecular weight excluding hydrogens is 196 g/mol. The molecule has 1 heterocycles. The molecule has 0 radical (unpaired) electrons. The molecular formula is C9H16N4S. The molecule has 78 valence electrons. The van der Waals surface area contributed by atoms with Crippen molar-refractivity contribution in [2.45, 2.75) is 13.5 Å². The highest BCUT2D eigenvalue weighted by Crippen LogP contribution is 1.99. The van der Waals surface area contributed by atoms with Crippen molar-refractivity contribution in [3.05, 3.63) is 18.0 Å². The van der Waals surface area contributed by atoms with Gasteiger partial charge < -0.3 is 10.2 Å². The van der Waals surface area contributed by atoms with Gasteiger partial charge in [-0.05, 0) is 25.2 Å². The van der Waals surface area contributed by atoms with Crippen molar-refractivity contribution in [3.8, 4) is 0 Å². The Labute approximate surface area is 89.9 Å². The Morgan fingerprint density at radius 3 is 2.93 bits per heavy atom. The number of aryl methyl sites for hydroxylation is 1. The lowest BCUT2D eigenvalue weighted by atomic mass is 10.4. The zero-order valence-electron chi connectivity index (χ0n) is 8.82. The fourth-order valence-corrected chi connectivity index (χ4v) is 1.36. The highest BCUT2D eigenvalue weighted by atomic mass is 32.1. The third-order valence-corrected chi connectivity index (χ3v) is 2.30. The van der Waals surface area contributed by atoms with Crippen molar-refractivity contribution >= 4 is 17.3 Å². The average molecular weight is 212 g/mol. The summed E-state index contributed by atoms with van der Waals surface area (Å²) < 4.78 is 1.79. The second kappa shape index (κ2) is 4.95. The molecule has 0 aliphatic carbocycles. The van der Waals surface area contributed by atoms with Crippen LogP contribution in [0.5, 0.6) is 0 Å². The maximum absolute atomic E-state index is 5.16. The lowest BCUT2D eigenvalue weighted by Crippen LogP contribution is -2.36. The van der Waals surface area contributed by atoms with E-state index in [2.05, 4.69) is 10.4 Å².